The van der Waals surface area contributed by atoms with Gasteiger partial charge in [0, 0.05) is 11.4 Å². The molecule has 0 N–H and O–H groups in total. The lowest BCUT2D eigenvalue weighted by Gasteiger charge is -2.02. The van der Waals surface area contributed by atoms with E-state index in [0.717, 1.165) is 5.56 Å². The van der Waals surface area contributed by atoms with Gasteiger partial charge in [0.2, 0.25) is 0 Å². The Morgan fingerprint density at radius 3 is 2.54 bits per heavy atom. The molecule has 0 unspecified atom stereocenters. The van der Waals surface area contributed by atoms with Crippen LogP contribution in [0.1, 0.15) is 18.9 Å². The monoisotopic (exact) mass is 198 g/mol. The first-order valence-corrected chi connectivity index (χ1v) is 4.50. The molecule has 0 aliphatic heterocycles. The summed E-state index contributed by atoms with van der Waals surface area (Å²) < 4.78 is 4.94. The largest absolute Gasteiger partial charge is 0.461 e. The van der Waals surface area contributed by atoms with Gasteiger partial charge in [-0.25, -0.2) is 0 Å². The Bertz CT molecular complexity index is 279. The van der Waals surface area contributed by atoms with E-state index in [2.05, 4.69) is 0 Å². The molecule has 3 heteroatoms. The van der Waals surface area contributed by atoms with Gasteiger partial charge in [0.05, 0.1) is 0 Å². The van der Waals surface area contributed by atoms with Gasteiger partial charge >= 0.3 is 5.97 Å². The van der Waals surface area contributed by atoms with Crippen LogP contribution in [-0.4, -0.2) is 5.97 Å². The summed E-state index contributed by atoms with van der Waals surface area (Å²) in [5, 5.41) is 0.686. The molecule has 2 nitrogen and oxygen atoms in total. The SMILES string of the molecule is CCC(=O)OCc1ccc(Cl)cc1. The number of hydrogen-bond acceptors (Lipinski definition) is 2. The molecule has 0 saturated heterocycles. The van der Waals surface area contributed by atoms with Crippen molar-refractivity contribution in [1.82, 2.24) is 0 Å². The third-order valence-corrected chi connectivity index (χ3v) is 1.85. The van der Waals surface area contributed by atoms with Gasteiger partial charge in [-0.1, -0.05) is 30.7 Å². The van der Waals surface area contributed by atoms with Gasteiger partial charge in [0.15, 0.2) is 0 Å². The Labute approximate surface area is 82.5 Å². The van der Waals surface area contributed by atoms with E-state index in [9.17, 15) is 4.79 Å². The first kappa shape index (κ1) is 10.1. The first-order chi connectivity index (χ1) is 6.22. The zero-order valence-corrected chi connectivity index (χ0v) is 8.17. The Morgan fingerprint density at radius 2 is 2.00 bits per heavy atom. The van der Waals surface area contributed by atoms with Crippen molar-refractivity contribution in [3.05, 3.63) is 34.9 Å². The number of rotatable bonds is 3. The average Bonchev–Trinajstić information content (AvgIpc) is 2.16. The maximum atomic E-state index is 10.8. The second kappa shape index (κ2) is 4.87. The molecule has 0 fully saturated rings. The fraction of sp³-hybridized carbons (Fsp3) is 0.300. The molecule has 1 aromatic rings. The summed E-state index contributed by atoms with van der Waals surface area (Å²) in [7, 11) is 0. The van der Waals surface area contributed by atoms with Crippen molar-refractivity contribution in [2.24, 2.45) is 0 Å². The molecule has 0 amide bonds. The molecule has 0 saturated carbocycles. The summed E-state index contributed by atoms with van der Waals surface area (Å²) >= 11 is 5.69. The Hall–Kier alpha value is -1.02. The molecular weight excluding hydrogens is 188 g/mol. The molecular formula is C10H11ClO2. The zero-order valence-electron chi connectivity index (χ0n) is 7.42. The van der Waals surface area contributed by atoms with E-state index in [1.165, 1.54) is 0 Å². The van der Waals surface area contributed by atoms with E-state index < -0.39 is 0 Å². The summed E-state index contributed by atoms with van der Waals surface area (Å²) in [6.07, 6.45) is 0.410. The number of halogens is 1. The third kappa shape index (κ3) is 3.47. The van der Waals surface area contributed by atoms with Crippen LogP contribution in [0.3, 0.4) is 0 Å². The number of carbonyl (C=O) groups is 1. The van der Waals surface area contributed by atoms with Crippen molar-refractivity contribution in [3.8, 4) is 0 Å². The molecule has 1 rings (SSSR count). The van der Waals surface area contributed by atoms with Crippen LogP contribution in [0.25, 0.3) is 0 Å². The fourth-order valence-corrected chi connectivity index (χ4v) is 0.973. The summed E-state index contributed by atoms with van der Waals surface area (Å²) in [4.78, 5) is 10.8. The van der Waals surface area contributed by atoms with Crippen molar-refractivity contribution < 1.29 is 9.53 Å². The van der Waals surface area contributed by atoms with Crippen molar-refractivity contribution in [3.63, 3.8) is 0 Å². The summed E-state index contributed by atoms with van der Waals surface area (Å²) in [6.45, 7) is 2.09. The second-order valence-electron chi connectivity index (χ2n) is 2.64. The van der Waals surface area contributed by atoms with Crippen LogP contribution in [0.2, 0.25) is 5.02 Å². The van der Waals surface area contributed by atoms with Gasteiger partial charge in [-0.05, 0) is 17.7 Å². The number of esters is 1. The third-order valence-electron chi connectivity index (χ3n) is 1.60. The van der Waals surface area contributed by atoms with Gasteiger partial charge in [-0.3, -0.25) is 4.79 Å². The Balaban J connectivity index is 2.46. The van der Waals surface area contributed by atoms with Crippen LogP contribution in [0, 0.1) is 0 Å². The van der Waals surface area contributed by atoms with E-state index >= 15 is 0 Å². The first-order valence-electron chi connectivity index (χ1n) is 4.12. The van der Waals surface area contributed by atoms with Crippen molar-refractivity contribution in [2.45, 2.75) is 20.0 Å². The quantitative estimate of drug-likeness (QED) is 0.699. The maximum absolute atomic E-state index is 10.8. The highest BCUT2D eigenvalue weighted by Crippen LogP contribution is 2.10. The molecule has 0 aromatic heterocycles. The number of hydrogen-bond donors (Lipinski definition) is 0. The molecule has 0 atom stereocenters. The highest BCUT2D eigenvalue weighted by Gasteiger charge is 1.98. The molecule has 0 aliphatic carbocycles. The molecule has 0 aliphatic rings. The molecule has 70 valence electrons. The van der Waals surface area contributed by atoms with E-state index in [0.29, 0.717) is 18.1 Å². The van der Waals surface area contributed by atoms with E-state index in [4.69, 9.17) is 16.3 Å². The van der Waals surface area contributed by atoms with Crippen molar-refractivity contribution in [1.29, 1.82) is 0 Å². The minimum Gasteiger partial charge on any atom is -0.461 e. The van der Waals surface area contributed by atoms with Crippen LogP contribution in [-0.2, 0) is 16.1 Å². The van der Waals surface area contributed by atoms with Crippen LogP contribution in [0.4, 0.5) is 0 Å². The Kier molecular flexibility index (Phi) is 3.77. The van der Waals surface area contributed by atoms with Gasteiger partial charge in [0.25, 0.3) is 0 Å². The smallest absolute Gasteiger partial charge is 0.305 e. The molecule has 0 spiro atoms. The minimum atomic E-state index is -0.185. The van der Waals surface area contributed by atoms with Crippen LogP contribution < -0.4 is 0 Å². The lowest BCUT2D eigenvalue weighted by molar-refractivity contribution is -0.144. The molecule has 0 bridgehead atoms. The van der Waals surface area contributed by atoms with Gasteiger partial charge in [0.1, 0.15) is 6.61 Å². The van der Waals surface area contributed by atoms with Gasteiger partial charge < -0.3 is 4.74 Å². The predicted octanol–water partition coefficient (Wildman–Crippen LogP) is 2.79. The maximum Gasteiger partial charge on any atom is 0.305 e. The summed E-state index contributed by atoms with van der Waals surface area (Å²) in [5.41, 5.74) is 0.950. The molecule has 0 heterocycles. The standard InChI is InChI=1S/C10H11ClO2/c1-2-10(12)13-7-8-3-5-9(11)6-4-8/h3-6H,2,7H2,1H3. The average molecular weight is 199 g/mol. The lowest BCUT2D eigenvalue weighted by Crippen LogP contribution is -2.01. The van der Waals surface area contributed by atoms with Crippen molar-refractivity contribution in [2.75, 3.05) is 0 Å². The van der Waals surface area contributed by atoms with Crippen LogP contribution in [0.15, 0.2) is 24.3 Å². The molecule has 13 heavy (non-hydrogen) atoms. The van der Waals surface area contributed by atoms with E-state index in [1.54, 1.807) is 19.1 Å². The lowest BCUT2D eigenvalue weighted by atomic mass is 10.2. The van der Waals surface area contributed by atoms with E-state index in [1.807, 2.05) is 12.1 Å². The number of benzene rings is 1. The number of ether oxygens (including phenoxy) is 1. The van der Waals surface area contributed by atoms with Gasteiger partial charge in [-0.15, -0.1) is 0 Å². The van der Waals surface area contributed by atoms with Crippen LogP contribution in [0.5, 0.6) is 0 Å². The van der Waals surface area contributed by atoms with Crippen LogP contribution >= 0.6 is 11.6 Å². The highest BCUT2D eigenvalue weighted by atomic mass is 35.5. The topological polar surface area (TPSA) is 26.3 Å². The Morgan fingerprint density at radius 1 is 1.38 bits per heavy atom. The fourth-order valence-electron chi connectivity index (χ4n) is 0.847. The molecule has 0 radical (unpaired) electrons. The van der Waals surface area contributed by atoms with Crippen molar-refractivity contribution >= 4 is 17.6 Å². The van der Waals surface area contributed by atoms with Gasteiger partial charge in [-0.2, -0.15) is 0 Å². The minimum absolute atomic E-state index is 0.185. The zero-order chi connectivity index (χ0) is 9.68. The highest BCUT2D eigenvalue weighted by molar-refractivity contribution is 6.30. The normalized spacial score (nSPS) is 9.69. The van der Waals surface area contributed by atoms with E-state index in [-0.39, 0.29) is 5.97 Å². The second-order valence-corrected chi connectivity index (χ2v) is 3.08. The summed E-state index contributed by atoms with van der Waals surface area (Å²) in [6, 6.07) is 7.23. The number of carbonyl (C=O) groups excluding carboxylic acids is 1. The predicted molar refractivity (Wildman–Crippen MR) is 51.5 cm³/mol. The molecule has 1 aromatic carbocycles. The summed E-state index contributed by atoms with van der Waals surface area (Å²) in [5.74, 6) is -0.185.